The molecule has 2 aliphatic rings. The van der Waals surface area contributed by atoms with E-state index in [0.717, 1.165) is 10.5 Å². The first kappa shape index (κ1) is 22.3. The number of para-hydroxylation sites is 1. The number of methoxy groups -OCH3 is 1. The highest BCUT2D eigenvalue weighted by Crippen LogP contribution is 2.35. The van der Waals surface area contributed by atoms with Crippen molar-refractivity contribution in [2.24, 2.45) is 0 Å². The molecule has 4 amide bonds. The molecule has 3 aromatic rings. The van der Waals surface area contributed by atoms with Gasteiger partial charge in [0.15, 0.2) is 11.5 Å². The van der Waals surface area contributed by atoms with Gasteiger partial charge in [-0.2, -0.15) is 0 Å². The predicted molar refractivity (Wildman–Crippen MR) is 127 cm³/mol. The third-order valence-electron chi connectivity index (χ3n) is 5.86. The summed E-state index contributed by atoms with van der Waals surface area (Å²) in [5.41, 5.74) is 1.73. The average molecular weight is 473 g/mol. The molecule has 1 N–H and O–H groups in total. The molecular formula is C26H23N3O6. The molecule has 1 atom stereocenters. The van der Waals surface area contributed by atoms with E-state index in [0.29, 0.717) is 28.6 Å². The van der Waals surface area contributed by atoms with Crippen molar-refractivity contribution >= 4 is 29.2 Å². The van der Waals surface area contributed by atoms with Gasteiger partial charge in [0.05, 0.1) is 19.2 Å². The topological polar surface area (TPSA) is 97.4 Å². The number of imide groups is 1. The van der Waals surface area contributed by atoms with Crippen LogP contribution < -0.4 is 24.4 Å². The minimum atomic E-state index is -0.983. The molecule has 0 aliphatic carbocycles. The van der Waals surface area contributed by atoms with Crippen LogP contribution in [0.1, 0.15) is 12.0 Å². The molecule has 35 heavy (non-hydrogen) atoms. The Kier molecular flexibility index (Phi) is 5.97. The highest BCUT2D eigenvalue weighted by Gasteiger charge is 2.46. The summed E-state index contributed by atoms with van der Waals surface area (Å²) in [5, 5.41) is 2.79. The first-order valence-electron chi connectivity index (χ1n) is 11.1. The number of amides is 4. The number of carbonyl (C=O) groups is 3. The van der Waals surface area contributed by atoms with Crippen molar-refractivity contribution in [1.29, 1.82) is 0 Å². The van der Waals surface area contributed by atoms with Crippen LogP contribution >= 0.6 is 0 Å². The second kappa shape index (κ2) is 9.38. The number of nitrogens with one attached hydrogen (secondary N) is 1. The van der Waals surface area contributed by atoms with E-state index in [1.165, 1.54) is 12.0 Å². The van der Waals surface area contributed by atoms with Crippen molar-refractivity contribution < 1.29 is 28.6 Å². The van der Waals surface area contributed by atoms with Crippen molar-refractivity contribution in [3.8, 4) is 17.2 Å². The number of hydrogen-bond donors (Lipinski definition) is 1. The Balaban J connectivity index is 1.43. The minimum absolute atomic E-state index is 0.116. The third kappa shape index (κ3) is 4.48. The number of carbonyl (C=O) groups excluding carboxylic acids is 3. The van der Waals surface area contributed by atoms with Gasteiger partial charge in [0.25, 0.3) is 5.91 Å². The van der Waals surface area contributed by atoms with E-state index in [1.54, 1.807) is 66.7 Å². The molecule has 0 spiro atoms. The first-order chi connectivity index (χ1) is 17.0. The molecule has 2 heterocycles. The van der Waals surface area contributed by atoms with Crippen LogP contribution in [-0.4, -0.2) is 42.7 Å². The van der Waals surface area contributed by atoms with E-state index in [1.807, 2.05) is 6.07 Å². The van der Waals surface area contributed by atoms with Gasteiger partial charge >= 0.3 is 6.03 Å². The standard InChI is InChI=1S/C26H23N3O6/c1-33-20-9-5-8-19(13-20)29-25(31)21(14-24(30)27-18-6-3-2-4-7-18)28(26(29)32)15-17-10-11-22-23(12-17)35-16-34-22/h2-13,21H,14-16H2,1H3,(H,27,30)/t21-/m0/s1. The molecule has 3 aromatic carbocycles. The zero-order chi connectivity index (χ0) is 24.4. The number of rotatable bonds is 7. The Morgan fingerprint density at radius 3 is 2.60 bits per heavy atom. The monoisotopic (exact) mass is 473 g/mol. The summed E-state index contributed by atoms with van der Waals surface area (Å²) in [7, 11) is 1.51. The number of ether oxygens (including phenoxy) is 3. The number of urea groups is 1. The zero-order valence-corrected chi connectivity index (χ0v) is 19.0. The molecule has 9 nitrogen and oxygen atoms in total. The summed E-state index contributed by atoms with van der Waals surface area (Å²) in [6, 6.07) is 19.5. The second-order valence-electron chi connectivity index (χ2n) is 8.11. The molecule has 0 radical (unpaired) electrons. The Labute approximate surface area is 201 Å². The molecule has 1 saturated heterocycles. The summed E-state index contributed by atoms with van der Waals surface area (Å²) < 4.78 is 16.1. The number of nitrogens with zero attached hydrogens (tertiary/aromatic N) is 2. The molecule has 5 rings (SSSR count). The van der Waals surface area contributed by atoms with Crippen LogP contribution in [0.15, 0.2) is 72.8 Å². The maximum atomic E-state index is 13.5. The van der Waals surface area contributed by atoms with Crippen LogP contribution in [0.4, 0.5) is 16.2 Å². The molecule has 0 unspecified atom stereocenters. The lowest BCUT2D eigenvalue weighted by atomic mass is 10.1. The molecule has 0 saturated carbocycles. The summed E-state index contributed by atoms with van der Waals surface area (Å²) in [4.78, 5) is 42.3. The van der Waals surface area contributed by atoms with Gasteiger partial charge in [0.1, 0.15) is 11.8 Å². The summed E-state index contributed by atoms with van der Waals surface area (Å²) in [6.45, 7) is 0.247. The summed E-state index contributed by atoms with van der Waals surface area (Å²) in [6.07, 6.45) is -0.190. The van der Waals surface area contributed by atoms with E-state index < -0.39 is 18.0 Å². The van der Waals surface area contributed by atoms with E-state index >= 15 is 0 Å². The maximum absolute atomic E-state index is 13.5. The van der Waals surface area contributed by atoms with Crippen molar-refractivity contribution in [3.63, 3.8) is 0 Å². The van der Waals surface area contributed by atoms with Crippen LogP contribution in [0.25, 0.3) is 0 Å². The Morgan fingerprint density at radius 1 is 1.00 bits per heavy atom. The van der Waals surface area contributed by atoms with E-state index in [9.17, 15) is 14.4 Å². The third-order valence-corrected chi connectivity index (χ3v) is 5.86. The van der Waals surface area contributed by atoms with Crippen LogP contribution in [0.5, 0.6) is 17.2 Å². The van der Waals surface area contributed by atoms with Crippen molar-refractivity contribution in [2.45, 2.75) is 19.0 Å². The lowest BCUT2D eigenvalue weighted by Gasteiger charge is -2.22. The fourth-order valence-corrected chi connectivity index (χ4v) is 4.15. The quantitative estimate of drug-likeness (QED) is 0.525. The molecule has 0 aromatic heterocycles. The van der Waals surface area contributed by atoms with Gasteiger partial charge in [-0.05, 0) is 42.0 Å². The van der Waals surface area contributed by atoms with Crippen LogP contribution in [0.2, 0.25) is 0 Å². The van der Waals surface area contributed by atoms with Gasteiger partial charge in [-0.1, -0.05) is 30.3 Å². The molecule has 9 heteroatoms. The van der Waals surface area contributed by atoms with E-state index in [2.05, 4.69) is 5.32 Å². The van der Waals surface area contributed by atoms with Gasteiger partial charge in [-0.15, -0.1) is 0 Å². The van der Waals surface area contributed by atoms with E-state index in [4.69, 9.17) is 14.2 Å². The lowest BCUT2D eigenvalue weighted by Crippen LogP contribution is -2.37. The summed E-state index contributed by atoms with van der Waals surface area (Å²) in [5.74, 6) is 0.853. The summed E-state index contributed by atoms with van der Waals surface area (Å²) >= 11 is 0. The lowest BCUT2D eigenvalue weighted by molar-refractivity contribution is -0.124. The number of hydrogen-bond acceptors (Lipinski definition) is 6. The smallest absolute Gasteiger partial charge is 0.332 e. The van der Waals surface area contributed by atoms with Gasteiger partial charge < -0.3 is 24.4 Å². The van der Waals surface area contributed by atoms with Crippen LogP contribution in [0.3, 0.4) is 0 Å². The molecule has 178 valence electrons. The fraction of sp³-hybridized carbons (Fsp3) is 0.192. The molecule has 0 bridgehead atoms. The Bertz CT molecular complexity index is 1280. The second-order valence-corrected chi connectivity index (χ2v) is 8.11. The molecule has 2 aliphatic heterocycles. The normalized spacial score (nSPS) is 16.5. The van der Waals surface area contributed by atoms with Crippen LogP contribution in [0, 0.1) is 0 Å². The minimum Gasteiger partial charge on any atom is -0.497 e. The Morgan fingerprint density at radius 2 is 1.80 bits per heavy atom. The maximum Gasteiger partial charge on any atom is 0.332 e. The number of fused-ring (bicyclic) bond motifs is 1. The molecular weight excluding hydrogens is 450 g/mol. The highest BCUT2D eigenvalue weighted by atomic mass is 16.7. The molecule has 1 fully saturated rings. The van der Waals surface area contributed by atoms with Gasteiger partial charge in [-0.25, -0.2) is 9.69 Å². The van der Waals surface area contributed by atoms with Crippen molar-refractivity contribution in [3.05, 3.63) is 78.4 Å². The fourth-order valence-electron chi connectivity index (χ4n) is 4.15. The van der Waals surface area contributed by atoms with Gasteiger partial charge in [-0.3, -0.25) is 9.59 Å². The van der Waals surface area contributed by atoms with Crippen molar-refractivity contribution in [2.75, 3.05) is 24.1 Å². The Hall–Kier alpha value is -4.53. The van der Waals surface area contributed by atoms with Gasteiger partial charge in [0, 0.05) is 18.3 Å². The predicted octanol–water partition coefficient (Wildman–Crippen LogP) is 3.79. The van der Waals surface area contributed by atoms with Gasteiger partial charge in [0.2, 0.25) is 12.7 Å². The number of benzene rings is 3. The van der Waals surface area contributed by atoms with Crippen LogP contribution in [-0.2, 0) is 16.1 Å². The first-order valence-corrected chi connectivity index (χ1v) is 11.1. The van der Waals surface area contributed by atoms with E-state index in [-0.39, 0.29) is 25.7 Å². The van der Waals surface area contributed by atoms with Crippen molar-refractivity contribution in [1.82, 2.24) is 4.90 Å². The largest absolute Gasteiger partial charge is 0.497 e. The highest BCUT2D eigenvalue weighted by molar-refractivity contribution is 6.22. The average Bonchev–Trinajstić information content (AvgIpc) is 3.42. The zero-order valence-electron chi connectivity index (χ0n) is 19.0. The number of anilines is 2. The SMILES string of the molecule is COc1cccc(N2C(=O)[C@H](CC(=O)Nc3ccccc3)N(Cc3ccc4c(c3)OCO4)C2=O)c1.